The first-order valence-electron chi connectivity index (χ1n) is 10.3. The molecule has 0 saturated carbocycles. The number of Topliss-reactive ketones (excluding diaryl/α,β-unsaturated/α-hetero) is 1. The van der Waals surface area contributed by atoms with Crippen molar-refractivity contribution in [1.29, 1.82) is 0 Å². The number of methoxy groups -OCH3 is 5. The van der Waals surface area contributed by atoms with E-state index in [-0.39, 0.29) is 17.6 Å². The average molecular weight is 443 g/mol. The van der Waals surface area contributed by atoms with E-state index >= 15 is 0 Å². The number of hydrogen-bond acceptors (Lipinski definition) is 7. The lowest BCUT2D eigenvalue weighted by Gasteiger charge is -2.32. The van der Waals surface area contributed by atoms with Crippen molar-refractivity contribution in [1.82, 2.24) is 4.90 Å². The molecule has 32 heavy (non-hydrogen) atoms. The van der Waals surface area contributed by atoms with Gasteiger partial charge in [-0.05, 0) is 43.2 Å². The predicted octanol–water partition coefficient (Wildman–Crippen LogP) is 3.46. The molecule has 172 valence electrons. The summed E-state index contributed by atoms with van der Waals surface area (Å²) in [6.07, 6.45) is 1.44. The Bertz CT molecular complexity index is 989. The molecule has 8 nitrogen and oxygen atoms in total. The van der Waals surface area contributed by atoms with Gasteiger partial charge in [0.05, 0.1) is 41.1 Å². The highest BCUT2D eigenvalue weighted by Crippen LogP contribution is 2.40. The van der Waals surface area contributed by atoms with E-state index < -0.39 is 0 Å². The van der Waals surface area contributed by atoms with Crippen LogP contribution in [0.1, 0.15) is 33.6 Å². The maximum atomic E-state index is 13.3. The Balaban J connectivity index is 1.83. The summed E-state index contributed by atoms with van der Waals surface area (Å²) in [6, 6.07) is 8.44. The Hall–Kier alpha value is -3.42. The zero-order chi connectivity index (χ0) is 23.3. The van der Waals surface area contributed by atoms with Crippen molar-refractivity contribution in [2.24, 2.45) is 5.92 Å². The summed E-state index contributed by atoms with van der Waals surface area (Å²) in [5.41, 5.74) is 0.898. The number of carbonyl (C=O) groups is 2. The van der Waals surface area contributed by atoms with Crippen molar-refractivity contribution in [3.63, 3.8) is 0 Å². The van der Waals surface area contributed by atoms with Gasteiger partial charge in [-0.15, -0.1) is 0 Å². The second-order valence-electron chi connectivity index (χ2n) is 7.41. The molecule has 1 amide bonds. The molecule has 1 fully saturated rings. The largest absolute Gasteiger partial charge is 0.493 e. The van der Waals surface area contributed by atoms with Gasteiger partial charge < -0.3 is 28.6 Å². The minimum Gasteiger partial charge on any atom is -0.493 e. The van der Waals surface area contributed by atoms with E-state index in [4.69, 9.17) is 23.7 Å². The van der Waals surface area contributed by atoms with Crippen LogP contribution in [0, 0.1) is 5.92 Å². The van der Waals surface area contributed by atoms with Crippen LogP contribution in [0.2, 0.25) is 0 Å². The third-order valence-corrected chi connectivity index (χ3v) is 5.68. The fourth-order valence-electron chi connectivity index (χ4n) is 4.04. The number of amides is 1. The summed E-state index contributed by atoms with van der Waals surface area (Å²) in [7, 11) is 7.57. The van der Waals surface area contributed by atoms with Gasteiger partial charge in [0.2, 0.25) is 5.75 Å². The Labute approximate surface area is 188 Å². The summed E-state index contributed by atoms with van der Waals surface area (Å²) >= 11 is 0. The number of ketones is 1. The lowest BCUT2D eigenvalue weighted by Crippen LogP contribution is -2.42. The van der Waals surface area contributed by atoms with Crippen molar-refractivity contribution in [2.45, 2.75) is 12.8 Å². The monoisotopic (exact) mass is 443 g/mol. The van der Waals surface area contributed by atoms with Crippen molar-refractivity contribution in [3.05, 3.63) is 41.5 Å². The zero-order valence-electron chi connectivity index (χ0n) is 19.1. The number of carbonyl (C=O) groups excluding carboxylic acids is 2. The first-order chi connectivity index (χ1) is 15.5. The minimum absolute atomic E-state index is 0.0253. The van der Waals surface area contributed by atoms with Crippen LogP contribution in [0.3, 0.4) is 0 Å². The Morgan fingerprint density at radius 1 is 0.812 bits per heavy atom. The third kappa shape index (κ3) is 4.44. The van der Waals surface area contributed by atoms with E-state index in [0.29, 0.717) is 59.4 Å². The van der Waals surface area contributed by atoms with E-state index in [0.717, 1.165) is 6.42 Å². The van der Waals surface area contributed by atoms with Crippen LogP contribution in [0.4, 0.5) is 0 Å². The van der Waals surface area contributed by atoms with E-state index in [9.17, 15) is 9.59 Å². The standard InChI is InChI=1S/C24H29NO7/c1-28-18-10-8-15(13-20(18)30-3)21(26)16-7-6-12-25(14-16)24(27)17-9-11-19(29-2)23(32-5)22(17)31-4/h8-11,13,16H,6-7,12,14H2,1-5H3/t16-/m0/s1. The molecule has 0 aromatic heterocycles. The number of likely N-dealkylation sites (tertiary alicyclic amines) is 1. The number of piperidine rings is 1. The quantitative estimate of drug-likeness (QED) is 0.578. The highest BCUT2D eigenvalue weighted by molar-refractivity contribution is 6.01. The van der Waals surface area contributed by atoms with E-state index in [1.807, 2.05) is 0 Å². The Kier molecular flexibility index (Phi) is 7.45. The van der Waals surface area contributed by atoms with Gasteiger partial charge in [0.25, 0.3) is 5.91 Å². The SMILES string of the molecule is COc1ccc(C(=O)[C@H]2CCCN(C(=O)c3ccc(OC)c(OC)c3OC)C2)cc1OC. The minimum atomic E-state index is -0.308. The van der Waals surface area contributed by atoms with Gasteiger partial charge in [0.1, 0.15) is 0 Å². The molecular weight excluding hydrogens is 414 g/mol. The molecule has 1 atom stereocenters. The fourth-order valence-corrected chi connectivity index (χ4v) is 4.04. The number of benzene rings is 2. The third-order valence-electron chi connectivity index (χ3n) is 5.68. The smallest absolute Gasteiger partial charge is 0.257 e. The second-order valence-corrected chi connectivity index (χ2v) is 7.41. The molecule has 1 aliphatic heterocycles. The van der Waals surface area contributed by atoms with E-state index in [1.165, 1.54) is 28.4 Å². The van der Waals surface area contributed by atoms with Gasteiger partial charge >= 0.3 is 0 Å². The maximum absolute atomic E-state index is 13.3. The summed E-state index contributed by atoms with van der Waals surface area (Å²) in [5.74, 6) is 1.65. The molecule has 0 radical (unpaired) electrons. The number of ether oxygens (including phenoxy) is 5. The van der Waals surface area contributed by atoms with E-state index in [1.54, 1.807) is 42.3 Å². The average Bonchev–Trinajstić information content (AvgIpc) is 2.86. The van der Waals surface area contributed by atoms with Crippen LogP contribution in [0.25, 0.3) is 0 Å². The molecule has 1 aliphatic rings. The summed E-state index contributed by atoms with van der Waals surface area (Å²) in [5, 5.41) is 0. The maximum Gasteiger partial charge on any atom is 0.257 e. The van der Waals surface area contributed by atoms with Gasteiger partial charge in [-0.2, -0.15) is 0 Å². The molecule has 1 saturated heterocycles. The van der Waals surface area contributed by atoms with Crippen LogP contribution in [0.15, 0.2) is 30.3 Å². The first kappa shape index (κ1) is 23.2. The Morgan fingerprint density at radius 3 is 2.09 bits per heavy atom. The van der Waals surface area contributed by atoms with Crippen molar-refractivity contribution >= 4 is 11.7 Å². The van der Waals surface area contributed by atoms with Crippen molar-refractivity contribution < 1.29 is 33.3 Å². The second kappa shape index (κ2) is 10.3. The highest BCUT2D eigenvalue weighted by Gasteiger charge is 2.32. The molecule has 0 unspecified atom stereocenters. The Morgan fingerprint density at radius 2 is 1.47 bits per heavy atom. The lowest BCUT2D eigenvalue weighted by molar-refractivity contribution is 0.0633. The first-order valence-corrected chi connectivity index (χ1v) is 10.3. The van der Waals surface area contributed by atoms with Crippen LogP contribution < -0.4 is 23.7 Å². The van der Waals surface area contributed by atoms with Crippen molar-refractivity contribution in [3.8, 4) is 28.7 Å². The lowest BCUT2D eigenvalue weighted by atomic mass is 9.89. The fraction of sp³-hybridized carbons (Fsp3) is 0.417. The number of nitrogens with zero attached hydrogens (tertiary/aromatic N) is 1. The van der Waals surface area contributed by atoms with Crippen LogP contribution in [-0.2, 0) is 0 Å². The van der Waals surface area contributed by atoms with Gasteiger partial charge in [-0.3, -0.25) is 9.59 Å². The van der Waals surface area contributed by atoms with Gasteiger partial charge in [-0.1, -0.05) is 0 Å². The number of hydrogen-bond donors (Lipinski definition) is 0. The summed E-state index contributed by atoms with van der Waals surface area (Å²) in [4.78, 5) is 28.2. The van der Waals surface area contributed by atoms with Gasteiger partial charge in [0, 0.05) is 24.6 Å². The molecule has 2 aromatic carbocycles. The summed E-state index contributed by atoms with van der Waals surface area (Å²) in [6.45, 7) is 0.884. The number of rotatable bonds is 8. The summed E-state index contributed by atoms with van der Waals surface area (Å²) < 4.78 is 26.7. The molecular formula is C24H29NO7. The predicted molar refractivity (Wildman–Crippen MR) is 119 cm³/mol. The van der Waals surface area contributed by atoms with Gasteiger partial charge in [0.15, 0.2) is 28.8 Å². The topological polar surface area (TPSA) is 83.5 Å². The molecule has 1 heterocycles. The van der Waals surface area contributed by atoms with Crippen LogP contribution >= 0.6 is 0 Å². The molecule has 0 aliphatic carbocycles. The van der Waals surface area contributed by atoms with E-state index in [2.05, 4.69) is 0 Å². The van der Waals surface area contributed by atoms with Crippen LogP contribution in [-0.4, -0.2) is 65.2 Å². The highest BCUT2D eigenvalue weighted by atomic mass is 16.5. The molecule has 0 N–H and O–H groups in total. The molecule has 0 spiro atoms. The van der Waals surface area contributed by atoms with Crippen LogP contribution in [0.5, 0.6) is 28.7 Å². The molecule has 2 aromatic rings. The van der Waals surface area contributed by atoms with Gasteiger partial charge in [-0.25, -0.2) is 0 Å². The molecule has 3 rings (SSSR count). The van der Waals surface area contributed by atoms with Crippen molar-refractivity contribution in [2.75, 3.05) is 48.6 Å². The molecule has 8 heteroatoms. The molecule has 0 bridgehead atoms. The normalized spacial score (nSPS) is 15.7. The zero-order valence-corrected chi connectivity index (χ0v) is 19.1.